The Morgan fingerprint density at radius 1 is 1.47 bits per heavy atom. The number of rotatable bonds is 4. The number of carbonyl (C=O) groups is 1. The van der Waals surface area contributed by atoms with Crippen molar-refractivity contribution >= 4 is 21.7 Å². The summed E-state index contributed by atoms with van der Waals surface area (Å²) in [6, 6.07) is 5.63. The third kappa shape index (κ3) is 3.14. The zero-order valence-electron chi connectivity index (χ0n) is 9.21. The fourth-order valence-corrected chi connectivity index (χ4v) is 1.80. The minimum absolute atomic E-state index is 0.0326. The third-order valence-electron chi connectivity index (χ3n) is 2.16. The summed E-state index contributed by atoms with van der Waals surface area (Å²) in [5.41, 5.74) is 1.80. The van der Waals surface area contributed by atoms with Gasteiger partial charge in [0.1, 0.15) is 0 Å². The molecular formula is C12H15BrO2. The second-order valence-electron chi connectivity index (χ2n) is 3.76. The van der Waals surface area contributed by atoms with E-state index in [2.05, 4.69) is 15.9 Å². The first-order valence-electron chi connectivity index (χ1n) is 4.87. The van der Waals surface area contributed by atoms with Gasteiger partial charge < -0.3 is 4.74 Å². The van der Waals surface area contributed by atoms with E-state index in [1.807, 2.05) is 32.0 Å². The van der Waals surface area contributed by atoms with Crippen LogP contribution < -0.4 is 0 Å². The Morgan fingerprint density at radius 2 is 2.13 bits per heavy atom. The normalized spacial score (nSPS) is 10.7. The highest BCUT2D eigenvalue weighted by atomic mass is 79.9. The molecule has 0 bridgehead atoms. The van der Waals surface area contributed by atoms with Gasteiger partial charge in [-0.1, -0.05) is 41.9 Å². The lowest BCUT2D eigenvalue weighted by Gasteiger charge is -2.07. The van der Waals surface area contributed by atoms with Crippen molar-refractivity contribution in [2.24, 2.45) is 5.92 Å². The molecular weight excluding hydrogens is 256 g/mol. The van der Waals surface area contributed by atoms with Crippen LogP contribution in [-0.2, 0) is 11.3 Å². The molecule has 0 aliphatic rings. The van der Waals surface area contributed by atoms with Gasteiger partial charge >= 0.3 is 0 Å². The average molecular weight is 271 g/mol. The molecule has 0 unspecified atom stereocenters. The number of hydrogen-bond acceptors (Lipinski definition) is 2. The van der Waals surface area contributed by atoms with E-state index in [1.165, 1.54) is 0 Å². The van der Waals surface area contributed by atoms with Gasteiger partial charge in [-0.25, -0.2) is 0 Å². The van der Waals surface area contributed by atoms with Crippen LogP contribution in [0.15, 0.2) is 22.7 Å². The SMILES string of the molecule is COCc1ccc(C(=O)C(C)C)cc1Br. The second-order valence-corrected chi connectivity index (χ2v) is 4.61. The van der Waals surface area contributed by atoms with Gasteiger partial charge in [0.05, 0.1) is 6.61 Å². The quantitative estimate of drug-likeness (QED) is 0.784. The molecule has 1 aromatic rings. The third-order valence-corrected chi connectivity index (χ3v) is 2.90. The number of ketones is 1. The predicted octanol–water partition coefficient (Wildman–Crippen LogP) is 3.43. The van der Waals surface area contributed by atoms with Crippen LogP contribution in [0.5, 0.6) is 0 Å². The van der Waals surface area contributed by atoms with E-state index in [1.54, 1.807) is 7.11 Å². The first-order chi connectivity index (χ1) is 7.06. The van der Waals surface area contributed by atoms with Crippen LogP contribution in [0.1, 0.15) is 29.8 Å². The highest BCUT2D eigenvalue weighted by Crippen LogP contribution is 2.21. The number of Topliss-reactive ketones (excluding diaryl/α,β-unsaturated/α-hetero) is 1. The van der Waals surface area contributed by atoms with Crippen molar-refractivity contribution in [2.45, 2.75) is 20.5 Å². The smallest absolute Gasteiger partial charge is 0.165 e. The van der Waals surface area contributed by atoms with Gasteiger partial charge in [-0.05, 0) is 11.6 Å². The van der Waals surface area contributed by atoms with Crippen molar-refractivity contribution < 1.29 is 9.53 Å². The molecule has 0 saturated heterocycles. The van der Waals surface area contributed by atoms with E-state index in [0.29, 0.717) is 6.61 Å². The molecule has 0 saturated carbocycles. The lowest BCUT2D eigenvalue weighted by molar-refractivity contribution is 0.0939. The number of hydrogen-bond donors (Lipinski definition) is 0. The Kier molecular flexibility index (Phi) is 4.48. The Balaban J connectivity index is 2.96. The Hall–Kier alpha value is -0.670. The van der Waals surface area contributed by atoms with Gasteiger partial charge in [0, 0.05) is 23.1 Å². The average Bonchev–Trinajstić information content (AvgIpc) is 2.20. The second kappa shape index (κ2) is 5.42. The van der Waals surface area contributed by atoms with Crippen LogP contribution in [0, 0.1) is 5.92 Å². The molecule has 2 nitrogen and oxygen atoms in total. The maximum atomic E-state index is 11.7. The monoisotopic (exact) mass is 270 g/mol. The van der Waals surface area contributed by atoms with E-state index in [-0.39, 0.29) is 11.7 Å². The van der Waals surface area contributed by atoms with Crippen LogP contribution in [0.25, 0.3) is 0 Å². The Morgan fingerprint density at radius 3 is 2.60 bits per heavy atom. The molecule has 0 aliphatic heterocycles. The minimum Gasteiger partial charge on any atom is -0.380 e. The molecule has 1 aromatic carbocycles. The molecule has 15 heavy (non-hydrogen) atoms. The molecule has 0 atom stereocenters. The van der Waals surface area contributed by atoms with Gasteiger partial charge in [0.15, 0.2) is 5.78 Å². The van der Waals surface area contributed by atoms with Crippen LogP contribution in [-0.4, -0.2) is 12.9 Å². The molecule has 0 N–H and O–H groups in total. The Bertz CT molecular complexity index is 359. The summed E-state index contributed by atoms with van der Waals surface area (Å²) in [5.74, 6) is 0.199. The molecule has 0 heterocycles. The van der Waals surface area contributed by atoms with Crippen molar-refractivity contribution in [1.29, 1.82) is 0 Å². The summed E-state index contributed by atoms with van der Waals surface area (Å²) in [6.07, 6.45) is 0. The fraction of sp³-hybridized carbons (Fsp3) is 0.417. The maximum absolute atomic E-state index is 11.7. The minimum atomic E-state index is 0.0326. The first-order valence-corrected chi connectivity index (χ1v) is 5.67. The number of benzene rings is 1. The highest BCUT2D eigenvalue weighted by molar-refractivity contribution is 9.10. The maximum Gasteiger partial charge on any atom is 0.165 e. The molecule has 82 valence electrons. The van der Waals surface area contributed by atoms with Crippen LogP contribution in [0.3, 0.4) is 0 Å². The predicted molar refractivity (Wildman–Crippen MR) is 64.0 cm³/mol. The fourth-order valence-electron chi connectivity index (χ4n) is 1.31. The molecule has 0 aliphatic carbocycles. The van der Waals surface area contributed by atoms with Gasteiger partial charge in [-0.15, -0.1) is 0 Å². The van der Waals surface area contributed by atoms with Gasteiger partial charge in [-0.3, -0.25) is 4.79 Å². The molecule has 0 spiro atoms. The number of carbonyl (C=O) groups excluding carboxylic acids is 1. The van der Waals surface area contributed by atoms with Crippen molar-refractivity contribution in [2.75, 3.05) is 7.11 Å². The molecule has 0 radical (unpaired) electrons. The lowest BCUT2D eigenvalue weighted by atomic mass is 10.0. The van der Waals surface area contributed by atoms with E-state index < -0.39 is 0 Å². The highest BCUT2D eigenvalue weighted by Gasteiger charge is 2.11. The van der Waals surface area contributed by atoms with Crippen LogP contribution >= 0.6 is 15.9 Å². The van der Waals surface area contributed by atoms with E-state index >= 15 is 0 Å². The van der Waals surface area contributed by atoms with Gasteiger partial charge in [0.25, 0.3) is 0 Å². The van der Waals surface area contributed by atoms with E-state index in [4.69, 9.17) is 4.74 Å². The number of halogens is 1. The molecule has 0 aromatic heterocycles. The summed E-state index contributed by atoms with van der Waals surface area (Å²) in [6.45, 7) is 4.36. The molecule has 0 fully saturated rings. The molecule has 1 rings (SSSR count). The first kappa shape index (κ1) is 12.4. The van der Waals surface area contributed by atoms with Crippen LogP contribution in [0.4, 0.5) is 0 Å². The summed E-state index contributed by atoms with van der Waals surface area (Å²) in [4.78, 5) is 11.7. The topological polar surface area (TPSA) is 26.3 Å². The summed E-state index contributed by atoms with van der Waals surface area (Å²) in [5, 5.41) is 0. The van der Waals surface area contributed by atoms with Crippen molar-refractivity contribution in [1.82, 2.24) is 0 Å². The van der Waals surface area contributed by atoms with E-state index in [0.717, 1.165) is 15.6 Å². The van der Waals surface area contributed by atoms with Gasteiger partial charge in [-0.2, -0.15) is 0 Å². The number of ether oxygens (including phenoxy) is 1. The molecule has 3 heteroatoms. The zero-order chi connectivity index (χ0) is 11.4. The summed E-state index contributed by atoms with van der Waals surface area (Å²) < 4.78 is 5.97. The summed E-state index contributed by atoms with van der Waals surface area (Å²) >= 11 is 3.43. The van der Waals surface area contributed by atoms with Crippen LogP contribution in [0.2, 0.25) is 0 Å². The van der Waals surface area contributed by atoms with Crippen molar-refractivity contribution in [3.63, 3.8) is 0 Å². The molecule has 0 amide bonds. The van der Waals surface area contributed by atoms with Crippen molar-refractivity contribution in [3.05, 3.63) is 33.8 Å². The summed E-state index contributed by atoms with van der Waals surface area (Å²) in [7, 11) is 1.65. The largest absolute Gasteiger partial charge is 0.380 e. The Labute approximate surface area is 98.8 Å². The lowest BCUT2D eigenvalue weighted by Crippen LogP contribution is -2.07. The van der Waals surface area contributed by atoms with E-state index in [9.17, 15) is 4.79 Å². The van der Waals surface area contributed by atoms with Gasteiger partial charge in [0.2, 0.25) is 0 Å². The standard InChI is InChI=1S/C12H15BrO2/c1-8(2)12(14)9-4-5-10(7-15-3)11(13)6-9/h4-6,8H,7H2,1-3H3. The number of methoxy groups -OCH3 is 1. The van der Waals surface area contributed by atoms with Crippen molar-refractivity contribution in [3.8, 4) is 0 Å². The zero-order valence-corrected chi connectivity index (χ0v) is 10.8.